The molecule has 0 radical (unpaired) electrons. The molecule has 6 nitrogen and oxygen atoms in total. The molecule has 0 saturated carbocycles. The number of carbonyl (C=O) groups excluding carboxylic acids is 1. The topological polar surface area (TPSA) is 52.8 Å². The summed E-state index contributed by atoms with van der Waals surface area (Å²) >= 11 is 5.93. The molecule has 1 aliphatic rings. The first-order valence-electron chi connectivity index (χ1n) is 9.52. The van der Waals surface area contributed by atoms with Crippen LogP contribution in [0.25, 0.3) is 11.3 Å². The number of piperazine rings is 1. The molecule has 3 rings (SSSR count). The van der Waals surface area contributed by atoms with Crippen LogP contribution in [0.3, 0.4) is 0 Å². The van der Waals surface area contributed by atoms with Crippen molar-refractivity contribution in [3.05, 3.63) is 41.4 Å². The molecule has 0 unspecified atom stereocenters. The second-order valence-corrected chi connectivity index (χ2v) is 7.18. The van der Waals surface area contributed by atoms with Gasteiger partial charge in [-0.15, -0.1) is 0 Å². The number of aromatic nitrogens is 1. The maximum absolute atomic E-state index is 12.2. The van der Waals surface area contributed by atoms with Crippen molar-refractivity contribution in [2.45, 2.75) is 20.4 Å². The van der Waals surface area contributed by atoms with Gasteiger partial charge in [-0.05, 0) is 38.1 Å². The van der Waals surface area contributed by atoms with Crippen LogP contribution < -0.4 is 0 Å². The molecule has 2 aromatic rings. The lowest BCUT2D eigenvalue weighted by atomic mass is 10.2. The zero-order chi connectivity index (χ0) is 19.2. The van der Waals surface area contributed by atoms with E-state index < -0.39 is 0 Å². The van der Waals surface area contributed by atoms with Gasteiger partial charge in [0, 0.05) is 49.9 Å². The van der Waals surface area contributed by atoms with Crippen LogP contribution >= 0.6 is 11.6 Å². The summed E-state index contributed by atoms with van der Waals surface area (Å²) in [6, 6.07) is 7.55. The Morgan fingerprint density at radius 3 is 2.37 bits per heavy atom. The Balaban J connectivity index is 1.48. The van der Waals surface area contributed by atoms with Gasteiger partial charge < -0.3 is 9.32 Å². The number of likely N-dealkylation sites (N-methyl/N-ethyl adjacent to an activating group) is 1. The molecule has 1 aliphatic heterocycles. The predicted octanol–water partition coefficient (Wildman–Crippen LogP) is 2.98. The summed E-state index contributed by atoms with van der Waals surface area (Å²) in [6.45, 7) is 10.4. The second-order valence-electron chi connectivity index (χ2n) is 6.74. The Morgan fingerprint density at radius 2 is 1.74 bits per heavy atom. The number of hydrogen-bond donors (Lipinski definition) is 0. The molecule has 0 N–H and O–H groups in total. The van der Waals surface area contributed by atoms with Gasteiger partial charge in [0.25, 0.3) is 0 Å². The van der Waals surface area contributed by atoms with E-state index in [1.54, 1.807) is 6.20 Å². The highest BCUT2D eigenvalue weighted by Crippen LogP contribution is 2.23. The van der Waals surface area contributed by atoms with Gasteiger partial charge in [-0.3, -0.25) is 14.6 Å². The van der Waals surface area contributed by atoms with Crippen molar-refractivity contribution in [2.75, 3.05) is 45.8 Å². The number of nitrogens with zero attached hydrogens (tertiary/aromatic N) is 4. The standard InChI is InChI=1S/C20H27ClN4O2/c1-3-25(4-2)20(26)15-24-11-9-23(10-12-24)14-19-22-13-18(27-19)16-5-7-17(21)8-6-16/h5-8,13H,3-4,9-12,14-15H2,1-2H3. The van der Waals surface area contributed by atoms with Crippen LogP contribution in [0.4, 0.5) is 0 Å². The number of hydrogen-bond acceptors (Lipinski definition) is 5. The summed E-state index contributed by atoms with van der Waals surface area (Å²) < 4.78 is 5.89. The van der Waals surface area contributed by atoms with Gasteiger partial charge in [0.15, 0.2) is 5.76 Å². The SMILES string of the molecule is CCN(CC)C(=O)CN1CCN(Cc2ncc(-c3ccc(Cl)cc3)o2)CC1. The van der Waals surface area contributed by atoms with Crippen molar-refractivity contribution in [3.63, 3.8) is 0 Å². The minimum atomic E-state index is 0.216. The van der Waals surface area contributed by atoms with E-state index in [9.17, 15) is 4.79 Å². The molecule has 0 aliphatic carbocycles. The maximum atomic E-state index is 12.2. The molecule has 1 fully saturated rings. The van der Waals surface area contributed by atoms with Gasteiger partial charge in [-0.1, -0.05) is 11.6 Å². The third-order valence-electron chi connectivity index (χ3n) is 4.98. The number of amides is 1. The molecule has 0 spiro atoms. The van der Waals surface area contributed by atoms with E-state index in [0.717, 1.165) is 50.6 Å². The molecule has 1 aromatic heterocycles. The molecular formula is C20H27ClN4O2. The highest BCUT2D eigenvalue weighted by Gasteiger charge is 2.22. The van der Waals surface area contributed by atoms with Crippen LogP contribution in [-0.4, -0.2) is 71.4 Å². The lowest BCUT2D eigenvalue weighted by Crippen LogP contribution is -2.49. The molecule has 1 amide bonds. The minimum absolute atomic E-state index is 0.216. The summed E-state index contributed by atoms with van der Waals surface area (Å²) in [5.41, 5.74) is 0.970. The summed E-state index contributed by atoms with van der Waals surface area (Å²) in [5, 5.41) is 0.704. The van der Waals surface area contributed by atoms with Crippen LogP contribution in [0, 0.1) is 0 Å². The van der Waals surface area contributed by atoms with Gasteiger partial charge in [0.1, 0.15) is 0 Å². The highest BCUT2D eigenvalue weighted by atomic mass is 35.5. The van der Waals surface area contributed by atoms with Gasteiger partial charge >= 0.3 is 0 Å². The molecule has 7 heteroatoms. The van der Waals surface area contributed by atoms with Gasteiger partial charge in [-0.2, -0.15) is 0 Å². The van der Waals surface area contributed by atoms with E-state index >= 15 is 0 Å². The van der Waals surface area contributed by atoms with Crippen LogP contribution in [-0.2, 0) is 11.3 Å². The van der Waals surface area contributed by atoms with Crippen molar-refractivity contribution < 1.29 is 9.21 Å². The van der Waals surface area contributed by atoms with Crippen molar-refractivity contribution >= 4 is 17.5 Å². The fourth-order valence-electron chi connectivity index (χ4n) is 3.30. The third-order valence-corrected chi connectivity index (χ3v) is 5.23. The average molecular weight is 391 g/mol. The third kappa shape index (κ3) is 5.31. The minimum Gasteiger partial charge on any atom is -0.439 e. The Morgan fingerprint density at radius 1 is 1.11 bits per heavy atom. The largest absolute Gasteiger partial charge is 0.439 e. The summed E-state index contributed by atoms with van der Waals surface area (Å²) in [5.74, 6) is 1.69. The van der Waals surface area contributed by atoms with E-state index in [0.29, 0.717) is 24.0 Å². The molecule has 2 heterocycles. The van der Waals surface area contributed by atoms with Crippen LogP contribution in [0.5, 0.6) is 0 Å². The van der Waals surface area contributed by atoms with Crippen molar-refractivity contribution in [1.82, 2.24) is 19.7 Å². The van der Waals surface area contributed by atoms with Crippen LogP contribution in [0.2, 0.25) is 5.02 Å². The quantitative estimate of drug-likeness (QED) is 0.727. The van der Waals surface area contributed by atoms with Gasteiger partial charge in [-0.25, -0.2) is 4.98 Å². The monoisotopic (exact) mass is 390 g/mol. The second kappa shape index (κ2) is 9.35. The number of halogens is 1. The zero-order valence-electron chi connectivity index (χ0n) is 16.0. The Bertz CT molecular complexity index is 735. The lowest BCUT2D eigenvalue weighted by molar-refractivity contribution is -0.132. The van der Waals surface area contributed by atoms with E-state index in [1.807, 2.05) is 43.0 Å². The van der Waals surface area contributed by atoms with E-state index in [-0.39, 0.29) is 5.91 Å². The maximum Gasteiger partial charge on any atom is 0.236 e. The van der Waals surface area contributed by atoms with E-state index in [4.69, 9.17) is 16.0 Å². The number of benzene rings is 1. The number of oxazole rings is 1. The van der Waals surface area contributed by atoms with Crippen molar-refractivity contribution in [1.29, 1.82) is 0 Å². The van der Waals surface area contributed by atoms with Gasteiger partial charge in [0.2, 0.25) is 11.8 Å². The predicted molar refractivity (Wildman–Crippen MR) is 107 cm³/mol. The Labute approximate surface area is 165 Å². The summed E-state index contributed by atoms with van der Waals surface area (Å²) in [4.78, 5) is 23.1. The number of carbonyl (C=O) groups is 1. The molecule has 27 heavy (non-hydrogen) atoms. The normalized spacial score (nSPS) is 15.8. The fourth-order valence-corrected chi connectivity index (χ4v) is 3.42. The Hall–Kier alpha value is -1.89. The molecule has 0 atom stereocenters. The van der Waals surface area contributed by atoms with Gasteiger partial charge in [0.05, 0.1) is 19.3 Å². The lowest BCUT2D eigenvalue weighted by Gasteiger charge is -2.34. The van der Waals surface area contributed by atoms with E-state index in [1.165, 1.54) is 0 Å². The fraction of sp³-hybridized carbons (Fsp3) is 0.500. The molecular weight excluding hydrogens is 364 g/mol. The van der Waals surface area contributed by atoms with Crippen LogP contribution in [0.15, 0.2) is 34.9 Å². The zero-order valence-corrected chi connectivity index (χ0v) is 16.8. The first kappa shape index (κ1) is 19.9. The molecule has 1 saturated heterocycles. The van der Waals surface area contributed by atoms with Crippen LogP contribution in [0.1, 0.15) is 19.7 Å². The first-order chi connectivity index (χ1) is 13.1. The highest BCUT2D eigenvalue weighted by molar-refractivity contribution is 6.30. The first-order valence-corrected chi connectivity index (χ1v) is 9.90. The molecule has 146 valence electrons. The molecule has 0 bridgehead atoms. The summed E-state index contributed by atoms with van der Waals surface area (Å²) in [7, 11) is 0. The average Bonchev–Trinajstić information content (AvgIpc) is 3.13. The molecule has 1 aromatic carbocycles. The number of rotatable bonds is 7. The smallest absolute Gasteiger partial charge is 0.236 e. The van der Waals surface area contributed by atoms with Crippen molar-refractivity contribution in [2.24, 2.45) is 0 Å². The van der Waals surface area contributed by atoms with E-state index in [2.05, 4.69) is 14.8 Å². The van der Waals surface area contributed by atoms with Crippen molar-refractivity contribution in [3.8, 4) is 11.3 Å². The Kier molecular flexibility index (Phi) is 6.88. The summed E-state index contributed by atoms with van der Waals surface area (Å²) in [6.07, 6.45) is 1.76.